The van der Waals surface area contributed by atoms with Crippen molar-refractivity contribution < 1.29 is 0 Å². The second-order valence-electron chi connectivity index (χ2n) is 4.28. The molecule has 1 aliphatic rings. The van der Waals surface area contributed by atoms with E-state index < -0.39 is 0 Å². The zero-order chi connectivity index (χ0) is 11.5. The van der Waals surface area contributed by atoms with Crippen LogP contribution < -0.4 is 11.3 Å². The predicted molar refractivity (Wildman–Crippen MR) is 63.0 cm³/mol. The lowest BCUT2D eigenvalue weighted by atomic mass is 9.91. The van der Waals surface area contributed by atoms with Gasteiger partial charge in [-0.2, -0.15) is 0 Å². The van der Waals surface area contributed by atoms with Crippen LogP contribution in [0.2, 0.25) is 0 Å². The Morgan fingerprint density at radius 3 is 3.06 bits per heavy atom. The Bertz CT molecular complexity index is 472. The summed E-state index contributed by atoms with van der Waals surface area (Å²) in [6.07, 6.45) is 5.48. The van der Waals surface area contributed by atoms with Gasteiger partial charge in [0.15, 0.2) is 0 Å². The molecule has 0 radical (unpaired) electrons. The summed E-state index contributed by atoms with van der Waals surface area (Å²) in [6.45, 7) is 7.06. The molecule has 1 aromatic rings. The van der Waals surface area contributed by atoms with Crippen LogP contribution in [0.5, 0.6) is 0 Å². The Hall–Kier alpha value is -1.76. The second kappa shape index (κ2) is 4.40. The summed E-state index contributed by atoms with van der Waals surface area (Å²) < 4.78 is 1.69. The first-order valence-electron chi connectivity index (χ1n) is 5.55. The van der Waals surface area contributed by atoms with E-state index in [0.29, 0.717) is 0 Å². The average molecular weight is 217 g/mol. The van der Waals surface area contributed by atoms with Crippen molar-refractivity contribution in [3.8, 4) is 0 Å². The minimum atomic E-state index is -0.127. The zero-order valence-electron chi connectivity index (χ0n) is 9.10. The van der Waals surface area contributed by atoms with Crippen molar-refractivity contribution in [3.05, 3.63) is 40.1 Å². The molecule has 2 rings (SSSR count). The van der Waals surface area contributed by atoms with E-state index >= 15 is 0 Å². The molecule has 0 amide bonds. The molecule has 2 atom stereocenters. The van der Waals surface area contributed by atoms with Crippen LogP contribution >= 0.6 is 0 Å². The van der Waals surface area contributed by atoms with Crippen molar-refractivity contribution in [2.24, 2.45) is 0 Å². The molecule has 0 bridgehead atoms. The van der Waals surface area contributed by atoms with Crippen LogP contribution in [-0.2, 0) is 0 Å². The maximum Gasteiger partial charge on any atom is 0.273 e. The first-order valence-corrected chi connectivity index (χ1v) is 5.55. The lowest BCUT2D eigenvalue weighted by Crippen LogP contribution is -2.30. The molecule has 1 fully saturated rings. The van der Waals surface area contributed by atoms with Crippen LogP contribution in [0.25, 0.3) is 4.85 Å². The SMILES string of the molecule is [C-]#[N+][C@@H]1CCC[C@H](n2cccc(N)c2=O)C1. The van der Waals surface area contributed by atoms with Gasteiger partial charge >= 0.3 is 0 Å². The van der Waals surface area contributed by atoms with Gasteiger partial charge in [-0.05, 0) is 25.0 Å². The molecule has 0 aliphatic heterocycles. The highest BCUT2D eigenvalue weighted by atomic mass is 16.1. The lowest BCUT2D eigenvalue weighted by Gasteiger charge is -2.24. The maximum atomic E-state index is 11.8. The van der Waals surface area contributed by atoms with Crippen molar-refractivity contribution >= 4 is 5.69 Å². The molecule has 0 saturated heterocycles. The topological polar surface area (TPSA) is 52.4 Å². The van der Waals surface area contributed by atoms with E-state index in [9.17, 15) is 4.79 Å². The van der Waals surface area contributed by atoms with Crippen LogP contribution in [-0.4, -0.2) is 10.6 Å². The van der Waals surface area contributed by atoms with Gasteiger partial charge in [-0.25, -0.2) is 6.57 Å². The fourth-order valence-electron chi connectivity index (χ4n) is 2.32. The zero-order valence-corrected chi connectivity index (χ0v) is 9.10. The average Bonchev–Trinajstić information content (AvgIpc) is 2.33. The molecular formula is C12H15N3O. The number of nitrogens with zero attached hydrogens (tertiary/aromatic N) is 2. The summed E-state index contributed by atoms with van der Waals surface area (Å²) in [5.74, 6) is 0. The van der Waals surface area contributed by atoms with Gasteiger partial charge in [0.1, 0.15) is 0 Å². The molecular weight excluding hydrogens is 202 g/mol. The highest BCUT2D eigenvalue weighted by molar-refractivity contribution is 5.33. The van der Waals surface area contributed by atoms with Gasteiger partial charge in [0.25, 0.3) is 5.56 Å². The van der Waals surface area contributed by atoms with Gasteiger partial charge in [-0.1, -0.05) is 0 Å². The standard InChI is InChI=1S/C12H15N3O/c1-14-9-4-2-5-10(8-9)15-7-3-6-11(13)12(15)16/h3,6-7,9-10H,2,4-5,8,13H2/t9-,10+/m1/s1. The molecule has 0 spiro atoms. The van der Waals surface area contributed by atoms with Gasteiger partial charge < -0.3 is 15.1 Å². The number of hydrogen-bond donors (Lipinski definition) is 1. The van der Waals surface area contributed by atoms with Crippen molar-refractivity contribution in [1.82, 2.24) is 4.57 Å². The van der Waals surface area contributed by atoms with Crippen LogP contribution in [0.3, 0.4) is 0 Å². The number of hydrogen-bond acceptors (Lipinski definition) is 2. The summed E-state index contributed by atoms with van der Waals surface area (Å²) in [6, 6.07) is 3.61. The Balaban J connectivity index is 2.28. The number of anilines is 1. The molecule has 2 N–H and O–H groups in total. The molecule has 16 heavy (non-hydrogen) atoms. The largest absolute Gasteiger partial charge is 0.394 e. The molecule has 0 aromatic carbocycles. The molecule has 4 heteroatoms. The Kier molecular flexibility index (Phi) is 2.95. The lowest BCUT2D eigenvalue weighted by molar-refractivity contribution is 0.335. The van der Waals surface area contributed by atoms with Crippen LogP contribution in [0.4, 0.5) is 5.69 Å². The van der Waals surface area contributed by atoms with Crippen molar-refractivity contribution in [2.45, 2.75) is 37.8 Å². The summed E-state index contributed by atoms with van der Waals surface area (Å²) in [5, 5.41) is 0. The fraction of sp³-hybridized carbons (Fsp3) is 0.500. The highest BCUT2D eigenvalue weighted by Gasteiger charge is 2.27. The number of rotatable bonds is 1. The molecule has 4 nitrogen and oxygen atoms in total. The van der Waals surface area contributed by atoms with E-state index in [1.54, 1.807) is 22.9 Å². The molecule has 0 unspecified atom stereocenters. The van der Waals surface area contributed by atoms with E-state index in [1.807, 2.05) is 0 Å². The number of aromatic nitrogens is 1. The van der Waals surface area contributed by atoms with Gasteiger partial charge in [-0.15, -0.1) is 0 Å². The summed E-state index contributed by atoms with van der Waals surface area (Å²) in [7, 11) is 0. The molecule has 1 aromatic heterocycles. The van der Waals surface area contributed by atoms with Gasteiger partial charge in [0.2, 0.25) is 6.04 Å². The minimum absolute atomic E-state index is 0.0621. The third kappa shape index (κ3) is 1.94. The summed E-state index contributed by atoms with van der Waals surface area (Å²) >= 11 is 0. The number of pyridine rings is 1. The van der Waals surface area contributed by atoms with Gasteiger partial charge in [0, 0.05) is 25.1 Å². The molecule has 84 valence electrons. The summed E-state index contributed by atoms with van der Waals surface area (Å²) in [5.41, 5.74) is 5.76. The quantitative estimate of drug-likeness (QED) is 0.730. The van der Waals surface area contributed by atoms with Crippen LogP contribution in [0, 0.1) is 6.57 Å². The minimum Gasteiger partial charge on any atom is -0.394 e. The van der Waals surface area contributed by atoms with E-state index in [4.69, 9.17) is 12.3 Å². The molecule has 1 heterocycles. The third-order valence-corrected chi connectivity index (χ3v) is 3.20. The Morgan fingerprint density at radius 1 is 1.50 bits per heavy atom. The predicted octanol–water partition coefficient (Wildman–Crippen LogP) is 1.83. The Labute approximate surface area is 94.5 Å². The van der Waals surface area contributed by atoms with E-state index in [2.05, 4.69) is 4.85 Å². The van der Waals surface area contributed by atoms with Crippen molar-refractivity contribution in [3.63, 3.8) is 0 Å². The van der Waals surface area contributed by atoms with E-state index in [-0.39, 0.29) is 23.3 Å². The normalized spacial score (nSPS) is 24.9. The van der Waals surface area contributed by atoms with Gasteiger partial charge in [-0.3, -0.25) is 4.79 Å². The number of nitrogens with two attached hydrogens (primary N) is 1. The first-order chi connectivity index (χ1) is 7.72. The van der Waals surface area contributed by atoms with Crippen LogP contribution in [0.1, 0.15) is 31.7 Å². The third-order valence-electron chi connectivity index (χ3n) is 3.20. The molecule has 1 aliphatic carbocycles. The molecule has 1 saturated carbocycles. The van der Waals surface area contributed by atoms with Crippen LogP contribution in [0.15, 0.2) is 23.1 Å². The van der Waals surface area contributed by atoms with Crippen molar-refractivity contribution in [1.29, 1.82) is 0 Å². The Morgan fingerprint density at radius 2 is 2.31 bits per heavy atom. The number of nitrogen functional groups attached to an aromatic ring is 1. The van der Waals surface area contributed by atoms with E-state index in [1.165, 1.54) is 0 Å². The fourth-order valence-corrected chi connectivity index (χ4v) is 2.32. The van der Waals surface area contributed by atoms with E-state index in [0.717, 1.165) is 25.7 Å². The summed E-state index contributed by atoms with van der Waals surface area (Å²) in [4.78, 5) is 15.4. The van der Waals surface area contributed by atoms with Crippen molar-refractivity contribution in [2.75, 3.05) is 5.73 Å². The van der Waals surface area contributed by atoms with Gasteiger partial charge in [0.05, 0.1) is 5.69 Å². The smallest absolute Gasteiger partial charge is 0.273 e. The first kappa shape index (κ1) is 10.7. The highest BCUT2D eigenvalue weighted by Crippen LogP contribution is 2.29. The monoisotopic (exact) mass is 217 g/mol. The second-order valence-corrected chi connectivity index (χ2v) is 4.28. The maximum absolute atomic E-state index is 11.8.